The van der Waals surface area contributed by atoms with Crippen LogP contribution in [-0.4, -0.2) is 19.1 Å². The highest BCUT2D eigenvalue weighted by atomic mass is 16.5. The molecule has 1 unspecified atom stereocenters. The molecule has 1 aliphatic heterocycles. The molecule has 0 fully saturated rings. The normalized spacial score (nSPS) is 15.9. The fourth-order valence-electron chi connectivity index (χ4n) is 2.06. The third-order valence-electron chi connectivity index (χ3n) is 3.14. The Morgan fingerprint density at radius 2 is 2.12 bits per heavy atom. The summed E-state index contributed by atoms with van der Waals surface area (Å²) in [5, 5.41) is 6.87. The minimum atomic E-state index is 0.499. The Bertz CT molecular complexity index is 365. The van der Waals surface area contributed by atoms with Crippen molar-refractivity contribution in [1.29, 1.82) is 0 Å². The minimum absolute atomic E-state index is 0.499. The summed E-state index contributed by atoms with van der Waals surface area (Å²) in [4.78, 5) is 0. The third kappa shape index (κ3) is 3.53. The van der Waals surface area contributed by atoms with Gasteiger partial charge in [-0.25, -0.2) is 0 Å². The first-order valence-electron chi connectivity index (χ1n) is 6.42. The van der Waals surface area contributed by atoms with Crippen LogP contribution in [0.4, 0.5) is 0 Å². The van der Waals surface area contributed by atoms with E-state index >= 15 is 0 Å². The van der Waals surface area contributed by atoms with Crippen molar-refractivity contribution in [2.75, 3.05) is 13.1 Å². The van der Waals surface area contributed by atoms with Crippen LogP contribution in [0.15, 0.2) is 18.2 Å². The zero-order valence-electron chi connectivity index (χ0n) is 10.8. The van der Waals surface area contributed by atoms with Crippen molar-refractivity contribution >= 4 is 0 Å². The van der Waals surface area contributed by atoms with Gasteiger partial charge in [0.15, 0.2) is 0 Å². The van der Waals surface area contributed by atoms with Gasteiger partial charge in [0.25, 0.3) is 0 Å². The molecule has 0 saturated carbocycles. The number of ether oxygens (including phenoxy) is 1. The molecule has 94 valence electrons. The van der Waals surface area contributed by atoms with E-state index in [0.717, 1.165) is 32.8 Å². The standard InChI is InChI=1S/C14H22N2O/c1-3-15-7-11(2)16-8-12-4-5-13-9-17-10-14(13)6-12/h4-6,11,15-16H,3,7-10H2,1-2H3. The van der Waals surface area contributed by atoms with E-state index in [-0.39, 0.29) is 0 Å². The largest absolute Gasteiger partial charge is 0.372 e. The van der Waals surface area contributed by atoms with E-state index < -0.39 is 0 Å². The summed E-state index contributed by atoms with van der Waals surface area (Å²) >= 11 is 0. The van der Waals surface area contributed by atoms with E-state index in [9.17, 15) is 0 Å². The zero-order chi connectivity index (χ0) is 12.1. The van der Waals surface area contributed by atoms with E-state index in [0.29, 0.717) is 6.04 Å². The first-order chi connectivity index (χ1) is 8.29. The summed E-state index contributed by atoms with van der Waals surface area (Å²) < 4.78 is 5.42. The molecule has 17 heavy (non-hydrogen) atoms. The molecule has 0 amide bonds. The number of fused-ring (bicyclic) bond motifs is 1. The second kappa shape index (κ2) is 6.15. The average molecular weight is 234 g/mol. The van der Waals surface area contributed by atoms with Gasteiger partial charge in [-0.15, -0.1) is 0 Å². The molecule has 1 atom stereocenters. The van der Waals surface area contributed by atoms with Crippen LogP contribution >= 0.6 is 0 Å². The summed E-state index contributed by atoms with van der Waals surface area (Å²) in [6.45, 7) is 8.87. The third-order valence-corrected chi connectivity index (χ3v) is 3.14. The van der Waals surface area contributed by atoms with Gasteiger partial charge in [0.05, 0.1) is 13.2 Å². The summed E-state index contributed by atoms with van der Waals surface area (Å²) in [6.07, 6.45) is 0. The lowest BCUT2D eigenvalue weighted by Gasteiger charge is -2.14. The van der Waals surface area contributed by atoms with Gasteiger partial charge in [-0.2, -0.15) is 0 Å². The van der Waals surface area contributed by atoms with Gasteiger partial charge in [-0.05, 0) is 30.2 Å². The summed E-state index contributed by atoms with van der Waals surface area (Å²) in [5.74, 6) is 0. The summed E-state index contributed by atoms with van der Waals surface area (Å²) in [6, 6.07) is 7.14. The van der Waals surface area contributed by atoms with Crippen LogP contribution in [0.3, 0.4) is 0 Å². The van der Waals surface area contributed by atoms with E-state index in [1.807, 2.05) is 0 Å². The molecular weight excluding hydrogens is 212 g/mol. The maximum absolute atomic E-state index is 5.42. The van der Waals surface area contributed by atoms with Crippen LogP contribution in [0.5, 0.6) is 0 Å². The lowest BCUT2D eigenvalue weighted by atomic mass is 10.1. The molecular formula is C14H22N2O. The van der Waals surface area contributed by atoms with Crippen LogP contribution in [0.25, 0.3) is 0 Å². The number of rotatable bonds is 6. The number of hydrogen-bond acceptors (Lipinski definition) is 3. The first kappa shape index (κ1) is 12.6. The average Bonchev–Trinajstić information content (AvgIpc) is 2.81. The molecule has 1 aromatic rings. The molecule has 3 heteroatoms. The van der Waals surface area contributed by atoms with E-state index in [1.54, 1.807) is 0 Å². The molecule has 1 heterocycles. The monoisotopic (exact) mass is 234 g/mol. The van der Waals surface area contributed by atoms with Gasteiger partial charge in [0, 0.05) is 19.1 Å². The second-order valence-electron chi connectivity index (χ2n) is 4.69. The van der Waals surface area contributed by atoms with Crippen molar-refractivity contribution < 1.29 is 4.74 Å². The molecule has 3 nitrogen and oxygen atoms in total. The molecule has 0 spiro atoms. The number of benzene rings is 1. The Kier molecular flexibility index (Phi) is 4.54. The maximum atomic E-state index is 5.42. The van der Waals surface area contributed by atoms with Crippen LogP contribution in [-0.2, 0) is 24.5 Å². The molecule has 0 aliphatic carbocycles. The van der Waals surface area contributed by atoms with Crippen molar-refractivity contribution in [2.45, 2.75) is 39.6 Å². The second-order valence-corrected chi connectivity index (χ2v) is 4.69. The highest BCUT2D eigenvalue weighted by Crippen LogP contribution is 2.20. The Morgan fingerprint density at radius 1 is 1.29 bits per heavy atom. The Labute approximate surface area is 104 Å². The summed E-state index contributed by atoms with van der Waals surface area (Å²) in [5.41, 5.74) is 4.04. The Balaban J connectivity index is 1.83. The van der Waals surface area contributed by atoms with Gasteiger partial charge in [-0.3, -0.25) is 0 Å². The number of likely N-dealkylation sites (N-methyl/N-ethyl adjacent to an activating group) is 1. The van der Waals surface area contributed by atoms with Crippen molar-refractivity contribution in [3.8, 4) is 0 Å². The molecule has 0 bridgehead atoms. The van der Waals surface area contributed by atoms with Crippen molar-refractivity contribution in [2.24, 2.45) is 0 Å². The van der Waals surface area contributed by atoms with Gasteiger partial charge in [0.1, 0.15) is 0 Å². The van der Waals surface area contributed by atoms with Crippen LogP contribution < -0.4 is 10.6 Å². The van der Waals surface area contributed by atoms with Crippen LogP contribution in [0.2, 0.25) is 0 Å². The van der Waals surface area contributed by atoms with Gasteiger partial charge in [0.2, 0.25) is 0 Å². The number of hydrogen-bond donors (Lipinski definition) is 2. The predicted octanol–water partition coefficient (Wildman–Crippen LogP) is 1.80. The quantitative estimate of drug-likeness (QED) is 0.787. The molecule has 1 aliphatic rings. The first-order valence-corrected chi connectivity index (χ1v) is 6.42. The Morgan fingerprint density at radius 3 is 2.94 bits per heavy atom. The fourth-order valence-corrected chi connectivity index (χ4v) is 2.06. The maximum Gasteiger partial charge on any atom is 0.0725 e. The zero-order valence-corrected chi connectivity index (χ0v) is 10.8. The lowest BCUT2D eigenvalue weighted by molar-refractivity contribution is 0.134. The Hall–Kier alpha value is -0.900. The highest BCUT2D eigenvalue weighted by molar-refractivity contribution is 5.33. The molecule has 0 aromatic heterocycles. The highest BCUT2D eigenvalue weighted by Gasteiger charge is 2.11. The molecule has 0 radical (unpaired) electrons. The van der Waals surface area contributed by atoms with E-state index in [4.69, 9.17) is 4.74 Å². The lowest BCUT2D eigenvalue weighted by Crippen LogP contribution is -2.35. The van der Waals surface area contributed by atoms with Gasteiger partial charge >= 0.3 is 0 Å². The van der Waals surface area contributed by atoms with Gasteiger partial charge in [-0.1, -0.05) is 25.1 Å². The fraction of sp³-hybridized carbons (Fsp3) is 0.571. The smallest absolute Gasteiger partial charge is 0.0725 e. The topological polar surface area (TPSA) is 33.3 Å². The number of nitrogens with one attached hydrogen (secondary N) is 2. The van der Waals surface area contributed by atoms with E-state index in [2.05, 4.69) is 42.7 Å². The molecule has 1 aromatic carbocycles. The van der Waals surface area contributed by atoms with Crippen molar-refractivity contribution in [3.05, 3.63) is 34.9 Å². The molecule has 0 saturated heterocycles. The SMILES string of the molecule is CCNCC(C)NCc1ccc2c(c1)COC2. The molecule has 2 rings (SSSR count). The predicted molar refractivity (Wildman–Crippen MR) is 69.8 cm³/mol. The van der Waals surface area contributed by atoms with Crippen LogP contribution in [0.1, 0.15) is 30.5 Å². The van der Waals surface area contributed by atoms with Crippen molar-refractivity contribution in [3.63, 3.8) is 0 Å². The van der Waals surface area contributed by atoms with Crippen molar-refractivity contribution in [1.82, 2.24) is 10.6 Å². The van der Waals surface area contributed by atoms with E-state index in [1.165, 1.54) is 16.7 Å². The van der Waals surface area contributed by atoms with Crippen LogP contribution in [0, 0.1) is 0 Å². The molecule has 2 N–H and O–H groups in total. The van der Waals surface area contributed by atoms with Gasteiger partial charge < -0.3 is 15.4 Å². The summed E-state index contributed by atoms with van der Waals surface area (Å²) in [7, 11) is 0. The minimum Gasteiger partial charge on any atom is -0.372 e.